The number of hydrogen-bond acceptors (Lipinski definition) is 4. The topological polar surface area (TPSA) is 45.4 Å². The molecule has 0 atom stereocenters. The van der Waals surface area contributed by atoms with Crippen LogP contribution in [0.1, 0.15) is 5.56 Å². The summed E-state index contributed by atoms with van der Waals surface area (Å²) >= 11 is 6.06. The maximum Gasteiger partial charge on any atom is 0.128 e. The molecule has 0 radical (unpaired) electrons. The van der Waals surface area contributed by atoms with Crippen molar-refractivity contribution in [2.45, 2.75) is 6.54 Å². The number of piperazine rings is 1. The van der Waals surface area contributed by atoms with Crippen LogP contribution in [0.4, 0.5) is 11.5 Å². The molecule has 21 heavy (non-hydrogen) atoms. The highest BCUT2D eigenvalue weighted by Crippen LogP contribution is 2.22. The van der Waals surface area contributed by atoms with Gasteiger partial charge in [-0.2, -0.15) is 0 Å². The van der Waals surface area contributed by atoms with Crippen molar-refractivity contribution in [3.05, 3.63) is 53.2 Å². The monoisotopic (exact) mass is 302 g/mol. The Labute approximate surface area is 130 Å². The Bertz CT molecular complexity index is 591. The molecule has 0 saturated carbocycles. The zero-order valence-electron chi connectivity index (χ0n) is 11.9. The normalized spacial score (nSPS) is 15.3. The molecule has 2 N–H and O–H groups in total. The van der Waals surface area contributed by atoms with Crippen LogP contribution < -0.4 is 15.5 Å². The minimum absolute atomic E-state index is 0.538. The third kappa shape index (κ3) is 3.28. The van der Waals surface area contributed by atoms with E-state index in [1.807, 2.05) is 30.5 Å². The molecule has 0 spiro atoms. The molecule has 1 aromatic heterocycles. The predicted octanol–water partition coefficient (Wildman–Crippen LogP) is 2.52. The summed E-state index contributed by atoms with van der Waals surface area (Å²) < 4.78 is 0. The second kappa shape index (κ2) is 6.33. The summed E-state index contributed by atoms with van der Waals surface area (Å²) in [6, 6.07) is 12.1. The molecule has 1 saturated heterocycles. The van der Waals surface area contributed by atoms with Crippen molar-refractivity contribution in [2.75, 3.05) is 36.0 Å². The van der Waals surface area contributed by atoms with Crippen LogP contribution in [0.5, 0.6) is 0 Å². The summed E-state index contributed by atoms with van der Waals surface area (Å²) in [4.78, 5) is 9.16. The van der Waals surface area contributed by atoms with Gasteiger partial charge < -0.3 is 15.5 Å². The first-order chi connectivity index (χ1) is 10.3. The largest absolute Gasteiger partial charge is 0.368 e. The van der Waals surface area contributed by atoms with E-state index in [9.17, 15) is 0 Å². The third-order valence-corrected chi connectivity index (χ3v) is 4.06. The highest BCUT2D eigenvalue weighted by molar-refractivity contribution is 6.30. The average Bonchev–Trinajstić information content (AvgIpc) is 2.55. The van der Waals surface area contributed by atoms with Crippen molar-refractivity contribution in [3.63, 3.8) is 0 Å². The Hall–Kier alpha value is -1.78. The van der Waals surface area contributed by atoms with Crippen molar-refractivity contribution in [1.29, 1.82) is 0 Å². The van der Waals surface area contributed by atoms with Crippen molar-refractivity contribution < 1.29 is 0 Å². The Balaban J connectivity index is 1.64. The first kappa shape index (κ1) is 14.2. The second-order valence-electron chi connectivity index (χ2n) is 5.18. The fraction of sp³-hybridized carbons (Fsp3) is 0.312. The van der Waals surface area contributed by atoms with Gasteiger partial charge in [0.05, 0.1) is 0 Å². The van der Waals surface area contributed by atoms with Crippen LogP contribution >= 0.6 is 11.6 Å². The number of rotatable bonds is 3. The molecule has 3 rings (SSSR count). The summed E-state index contributed by atoms with van der Waals surface area (Å²) in [5.41, 5.74) is 7.86. The Morgan fingerprint density at radius 1 is 1.05 bits per heavy atom. The molecule has 1 aliphatic heterocycles. The average molecular weight is 303 g/mol. The molecule has 1 aliphatic rings. The van der Waals surface area contributed by atoms with Crippen molar-refractivity contribution in [3.8, 4) is 0 Å². The van der Waals surface area contributed by atoms with Gasteiger partial charge in [-0.1, -0.05) is 23.7 Å². The van der Waals surface area contributed by atoms with E-state index in [2.05, 4.69) is 26.9 Å². The lowest BCUT2D eigenvalue weighted by Gasteiger charge is -2.36. The Morgan fingerprint density at radius 3 is 2.43 bits per heavy atom. The molecule has 4 nitrogen and oxygen atoms in total. The number of nitrogens with two attached hydrogens (primary N) is 1. The molecule has 1 fully saturated rings. The highest BCUT2D eigenvalue weighted by atomic mass is 35.5. The standard InChI is InChI=1S/C16H19ClN4/c17-14-2-1-3-15(10-14)20-6-8-21(9-7-20)16-5-4-13(11-18)12-19-16/h1-5,10,12H,6-9,11,18H2. The van der Waals surface area contributed by atoms with E-state index >= 15 is 0 Å². The van der Waals surface area contributed by atoms with Crippen molar-refractivity contribution >= 4 is 23.1 Å². The van der Waals surface area contributed by atoms with Gasteiger partial charge in [0, 0.05) is 49.6 Å². The summed E-state index contributed by atoms with van der Waals surface area (Å²) in [7, 11) is 0. The minimum Gasteiger partial charge on any atom is -0.368 e. The fourth-order valence-electron chi connectivity index (χ4n) is 2.59. The molecule has 110 valence electrons. The summed E-state index contributed by atoms with van der Waals surface area (Å²) in [6.07, 6.45) is 1.86. The number of aromatic nitrogens is 1. The van der Waals surface area contributed by atoms with E-state index in [1.54, 1.807) is 0 Å². The Morgan fingerprint density at radius 2 is 1.81 bits per heavy atom. The van der Waals surface area contributed by atoms with Crippen LogP contribution in [0.2, 0.25) is 5.02 Å². The molecular weight excluding hydrogens is 284 g/mol. The lowest BCUT2D eigenvalue weighted by Crippen LogP contribution is -2.46. The molecular formula is C16H19ClN4. The van der Waals surface area contributed by atoms with Gasteiger partial charge in [-0.15, -0.1) is 0 Å². The zero-order valence-corrected chi connectivity index (χ0v) is 12.6. The molecule has 0 aliphatic carbocycles. The molecule has 2 heterocycles. The first-order valence-electron chi connectivity index (χ1n) is 7.17. The minimum atomic E-state index is 0.538. The van der Waals surface area contributed by atoms with Crippen LogP contribution in [-0.4, -0.2) is 31.2 Å². The summed E-state index contributed by atoms with van der Waals surface area (Å²) in [6.45, 7) is 4.40. The number of halogens is 1. The van der Waals surface area contributed by atoms with Gasteiger partial charge in [0.15, 0.2) is 0 Å². The fourth-order valence-corrected chi connectivity index (χ4v) is 2.78. The summed E-state index contributed by atoms with van der Waals surface area (Å²) in [5.74, 6) is 1.03. The molecule has 0 unspecified atom stereocenters. The Kier molecular flexibility index (Phi) is 4.27. The summed E-state index contributed by atoms with van der Waals surface area (Å²) in [5, 5.41) is 0.786. The lowest BCUT2D eigenvalue weighted by atomic mass is 10.2. The van der Waals surface area contributed by atoms with Crippen molar-refractivity contribution in [2.24, 2.45) is 5.73 Å². The molecule has 0 amide bonds. The quantitative estimate of drug-likeness (QED) is 0.946. The zero-order chi connectivity index (χ0) is 14.7. The van der Waals surface area contributed by atoms with E-state index in [0.29, 0.717) is 6.54 Å². The number of nitrogens with zero attached hydrogens (tertiary/aromatic N) is 3. The number of benzene rings is 1. The second-order valence-corrected chi connectivity index (χ2v) is 5.62. The van der Waals surface area contributed by atoms with Crippen LogP contribution in [0.3, 0.4) is 0 Å². The molecule has 1 aromatic carbocycles. The predicted molar refractivity (Wildman–Crippen MR) is 88.0 cm³/mol. The number of pyridine rings is 1. The van der Waals surface area contributed by atoms with Gasteiger partial charge in [0.2, 0.25) is 0 Å². The van der Waals surface area contributed by atoms with E-state index in [1.165, 1.54) is 5.69 Å². The van der Waals surface area contributed by atoms with Gasteiger partial charge in [0.1, 0.15) is 5.82 Å². The van der Waals surface area contributed by atoms with E-state index in [0.717, 1.165) is 42.6 Å². The number of anilines is 2. The smallest absolute Gasteiger partial charge is 0.128 e. The first-order valence-corrected chi connectivity index (χ1v) is 7.54. The maximum atomic E-state index is 6.06. The van der Waals surface area contributed by atoms with Gasteiger partial charge in [-0.3, -0.25) is 0 Å². The molecule has 2 aromatic rings. The van der Waals surface area contributed by atoms with Crippen LogP contribution in [0.25, 0.3) is 0 Å². The van der Waals surface area contributed by atoms with Crippen LogP contribution in [-0.2, 0) is 6.54 Å². The van der Waals surface area contributed by atoms with Crippen LogP contribution in [0, 0.1) is 0 Å². The maximum absolute atomic E-state index is 6.06. The van der Waals surface area contributed by atoms with Crippen molar-refractivity contribution in [1.82, 2.24) is 4.98 Å². The molecule has 5 heteroatoms. The van der Waals surface area contributed by atoms with E-state index < -0.39 is 0 Å². The number of hydrogen-bond donors (Lipinski definition) is 1. The highest BCUT2D eigenvalue weighted by Gasteiger charge is 2.18. The van der Waals surface area contributed by atoms with Gasteiger partial charge in [-0.25, -0.2) is 4.98 Å². The SMILES string of the molecule is NCc1ccc(N2CCN(c3cccc(Cl)c3)CC2)nc1. The van der Waals surface area contributed by atoms with Crippen LogP contribution in [0.15, 0.2) is 42.6 Å². The lowest BCUT2D eigenvalue weighted by molar-refractivity contribution is 0.647. The molecule has 0 bridgehead atoms. The van der Waals surface area contributed by atoms with E-state index in [4.69, 9.17) is 17.3 Å². The van der Waals surface area contributed by atoms with Gasteiger partial charge in [0.25, 0.3) is 0 Å². The third-order valence-electron chi connectivity index (χ3n) is 3.82. The van der Waals surface area contributed by atoms with E-state index in [-0.39, 0.29) is 0 Å². The van der Waals surface area contributed by atoms with Gasteiger partial charge in [-0.05, 0) is 29.8 Å². The van der Waals surface area contributed by atoms with Gasteiger partial charge >= 0.3 is 0 Å².